The second-order valence-corrected chi connectivity index (χ2v) is 22.8. The molecular weight excluding hydrogens is 1230 g/mol. The molecule has 20 atom stereocenters. The number of hydrogen-bond donors (Lipinski definition) is 22. The maximum atomic E-state index is 14.2. The van der Waals surface area contributed by atoms with Crippen molar-refractivity contribution in [2.45, 2.75) is 228 Å². The number of carboxylic acids is 2. The van der Waals surface area contributed by atoms with E-state index in [-0.39, 0.29) is 51.7 Å². The molecule has 2 heterocycles. The minimum atomic E-state index is -2.15. The summed E-state index contributed by atoms with van der Waals surface area (Å²) in [5, 5.41) is 124. The molecule has 0 aromatic carbocycles. The first-order valence-corrected chi connectivity index (χ1v) is 29.8. The van der Waals surface area contributed by atoms with E-state index in [1.807, 2.05) is 16.0 Å². The fourth-order valence-corrected chi connectivity index (χ4v) is 9.64. The zero-order valence-corrected chi connectivity index (χ0v) is 52.3. The Labute approximate surface area is 528 Å². The molecule has 0 spiro atoms. The van der Waals surface area contributed by atoms with E-state index in [2.05, 4.69) is 37.2 Å². The summed E-state index contributed by atoms with van der Waals surface area (Å²) in [4.78, 5) is 188. The van der Waals surface area contributed by atoms with Crippen LogP contribution in [-0.4, -0.2) is 291 Å². The second kappa shape index (κ2) is 37.6. The van der Waals surface area contributed by atoms with Crippen LogP contribution in [0, 0.1) is 0 Å². The number of aliphatic carboxylic acids is 2. The summed E-state index contributed by atoms with van der Waals surface area (Å²) in [7, 11) is 0. The van der Waals surface area contributed by atoms with Crippen LogP contribution in [0.4, 0.5) is 0 Å². The van der Waals surface area contributed by atoms with Gasteiger partial charge in [-0.1, -0.05) is 0 Å². The van der Waals surface area contributed by atoms with E-state index < -0.39 is 217 Å². The van der Waals surface area contributed by atoms with Gasteiger partial charge in [0.2, 0.25) is 70.9 Å². The third kappa shape index (κ3) is 23.7. The smallest absolute Gasteiger partial charge is 0.326 e. The number of carbonyl (C=O) groups excluding carboxylic acids is 12. The highest BCUT2D eigenvalue weighted by Gasteiger charge is 2.45. The Morgan fingerprint density at radius 2 is 0.772 bits per heavy atom. The van der Waals surface area contributed by atoms with Crippen LogP contribution < -0.4 is 64.6 Å². The van der Waals surface area contributed by atoms with E-state index >= 15 is 0 Å². The number of rotatable bonds is 37. The van der Waals surface area contributed by atoms with Gasteiger partial charge < -0.3 is 126 Å². The van der Waals surface area contributed by atoms with E-state index in [0.717, 1.165) is 58.3 Å². The molecule has 0 aliphatic carbocycles. The van der Waals surface area contributed by atoms with Crippen molar-refractivity contribution in [3.05, 3.63) is 0 Å². The van der Waals surface area contributed by atoms with Crippen molar-refractivity contribution in [2.75, 3.05) is 26.2 Å². The summed E-state index contributed by atoms with van der Waals surface area (Å²) < 4.78 is 0. The Kier molecular flexibility index (Phi) is 32.8. The molecule has 92 heavy (non-hydrogen) atoms. The average molecular weight is 1320 g/mol. The Bertz CT molecular complexity index is 2610. The molecule has 2 aliphatic rings. The molecule has 2 aliphatic heterocycles. The number of carbonyl (C=O) groups is 14. The van der Waals surface area contributed by atoms with Gasteiger partial charge in [0.15, 0.2) is 0 Å². The number of unbranched alkanes of at least 4 members (excludes halogenated alkanes) is 1. The quantitative estimate of drug-likeness (QED) is 0.0257. The highest BCUT2D eigenvalue weighted by atomic mass is 16.4. The number of nitrogens with one attached hydrogen (secondary N) is 10. The van der Waals surface area contributed by atoms with Gasteiger partial charge in [-0.2, -0.15) is 0 Å². The number of nitrogens with two attached hydrogens (primary N) is 2. The first-order chi connectivity index (χ1) is 42.8. The number of hydrogen-bond acceptors (Lipinski definition) is 24. The Balaban J connectivity index is 2.22. The summed E-state index contributed by atoms with van der Waals surface area (Å²) >= 11 is 0. The van der Waals surface area contributed by atoms with Gasteiger partial charge in [-0.3, -0.25) is 62.3 Å². The summed E-state index contributed by atoms with van der Waals surface area (Å²) in [5.74, 6) is -17.1. The van der Waals surface area contributed by atoms with E-state index in [1.165, 1.54) is 6.92 Å². The fraction of sp³-hybridized carbons (Fsp3) is 0.741. The first kappa shape index (κ1) is 80.3. The molecule has 522 valence electrons. The van der Waals surface area contributed by atoms with Gasteiger partial charge >= 0.3 is 11.9 Å². The van der Waals surface area contributed by atoms with Crippen LogP contribution in [0.3, 0.4) is 0 Å². The van der Waals surface area contributed by atoms with Gasteiger partial charge in [-0.25, -0.2) is 4.79 Å². The van der Waals surface area contributed by atoms with Gasteiger partial charge in [0.25, 0.3) is 0 Å². The van der Waals surface area contributed by atoms with Crippen molar-refractivity contribution in [1.29, 1.82) is 0 Å². The summed E-state index contributed by atoms with van der Waals surface area (Å²) in [6, 6.07) is -22.6. The third-order valence-electron chi connectivity index (χ3n) is 15.0. The maximum Gasteiger partial charge on any atom is 0.326 e. The Morgan fingerprint density at radius 3 is 1.16 bits per heavy atom. The largest absolute Gasteiger partial charge is 0.481 e. The molecule has 0 aromatic rings. The zero-order valence-electron chi connectivity index (χ0n) is 52.3. The zero-order chi connectivity index (χ0) is 70.3. The highest BCUT2D eigenvalue weighted by Crippen LogP contribution is 2.22. The van der Waals surface area contributed by atoms with Crippen molar-refractivity contribution in [3.63, 3.8) is 0 Å². The van der Waals surface area contributed by atoms with Gasteiger partial charge in [0.05, 0.1) is 55.8 Å². The molecule has 0 saturated carbocycles. The summed E-state index contributed by atoms with van der Waals surface area (Å²) in [6.45, 7) is 7.61. The van der Waals surface area contributed by atoms with Crippen LogP contribution in [0.2, 0.25) is 0 Å². The number of nitrogens with zero attached hydrogens (tertiary/aromatic N) is 2. The monoisotopic (exact) mass is 1320 g/mol. The summed E-state index contributed by atoms with van der Waals surface area (Å²) in [6.07, 6.45) is -11.7. The van der Waals surface area contributed by atoms with Gasteiger partial charge in [0.1, 0.15) is 78.5 Å². The molecule has 12 amide bonds. The van der Waals surface area contributed by atoms with E-state index in [0.29, 0.717) is 12.8 Å². The van der Waals surface area contributed by atoms with Gasteiger partial charge in [-0.15, -0.1) is 0 Å². The molecular formula is C54H92N14O24. The first-order valence-electron chi connectivity index (χ1n) is 29.8. The number of carboxylic acid groups (broad SMARTS) is 2. The normalized spacial score (nSPS) is 20.6. The third-order valence-corrected chi connectivity index (χ3v) is 15.0. The molecule has 2 fully saturated rings. The van der Waals surface area contributed by atoms with Crippen molar-refractivity contribution >= 4 is 82.8 Å². The topological polar surface area (TPSA) is 620 Å². The van der Waals surface area contributed by atoms with Crippen LogP contribution >= 0.6 is 0 Å². The molecule has 2 rings (SSSR count). The molecule has 0 unspecified atom stereocenters. The van der Waals surface area contributed by atoms with E-state index in [9.17, 15) is 118 Å². The minimum absolute atomic E-state index is 0.00815. The fourth-order valence-electron chi connectivity index (χ4n) is 9.64. The lowest BCUT2D eigenvalue weighted by Gasteiger charge is -2.33. The van der Waals surface area contributed by atoms with Crippen molar-refractivity contribution in [1.82, 2.24) is 63.0 Å². The van der Waals surface area contributed by atoms with Crippen LogP contribution in [0.25, 0.3) is 0 Å². The molecule has 0 aromatic heterocycles. The molecule has 2 saturated heterocycles. The predicted molar refractivity (Wildman–Crippen MR) is 314 cm³/mol. The lowest BCUT2D eigenvalue weighted by atomic mass is 10.1. The van der Waals surface area contributed by atoms with Crippen LogP contribution in [0.15, 0.2) is 0 Å². The molecule has 0 bridgehead atoms. The Hall–Kier alpha value is -7.82. The van der Waals surface area contributed by atoms with Crippen LogP contribution in [0.5, 0.6) is 0 Å². The lowest BCUT2D eigenvalue weighted by molar-refractivity contribution is -0.146. The van der Waals surface area contributed by atoms with Crippen molar-refractivity contribution in [3.8, 4) is 0 Å². The number of likely N-dealkylation sites (tertiary alicyclic amines) is 2. The lowest BCUT2D eigenvalue weighted by Crippen LogP contribution is -2.64. The van der Waals surface area contributed by atoms with Gasteiger partial charge in [-0.05, 0) is 107 Å². The van der Waals surface area contributed by atoms with Crippen molar-refractivity contribution in [2.24, 2.45) is 11.5 Å². The second-order valence-electron chi connectivity index (χ2n) is 22.8. The number of aliphatic hydroxyl groups excluding tert-OH is 8. The minimum Gasteiger partial charge on any atom is -0.481 e. The van der Waals surface area contributed by atoms with Crippen LogP contribution in [0.1, 0.15) is 107 Å². The highest BCUT2D eigenvalue weighted by molar-refractivity contribution is 6.01. The SMILES string of the molecule is C[C@H](NC(=O)[C@@H]1CCCN1C(=O)[C@@H](NC(=O)[C@@H](NC(=O)[C@H](CO)NC(=O)[C@H](CC(=O)O)NC(=O)[C@@H](NC(=O)[C@@H](NC(=O)[C@@H](N)[C@@H](C)O)[C@@H](C)O)[C@@H](C)O)[C@@H](C)O)[C@@H](C)O)C(=O)N1CCC[C@H]1C(=O)N[C@H](C(=O)N[C@H](C(=O)N[C@@H](CCCCN)C(=O)O)[C@@H](C)O)[C@@H](C)O. The van der Waals surface area contributed by atoms with E-state index in [4.69, 9.17) is 11.5 Å². The van der Waals surface area contributed by atoms with E-state index in [1.54, 1.807) is 0 Å². The Morgan fingerprint density at radius 1 is 0.424 bits per heavy atom. The molecule has 38 heteroatoms. The van der Waals surface area contributed by atoms with Crippen LogP contribution in [-0.2, 0) is 67.1 Å². The molecule has 0 radical (unpaired) electrons. The predicted octanol–water partition coefficient (Wildman–Crippen LogP) is -11.5. The number of amides is 12. The molecule has 38 nitrogen and oxygen atoms in total. The van der Waals surface area contributed by atoms with Crippen molar-refractivity contribution < 1.29 is 118 Å². The maximum absolute atomic E-state index is 14.2. The molecule has 24 N–H and O–H groups in total. The average Bonchev–Trinajstić information content (AvgIpc) is 1.59. The number of aliphatic hydroxyl groups is 8. The van der Waals surface area contributed by atoms with Gasteiger partial charge in [0, 0.05) is 13.1 Å². The standard InChI is InChI=1S/C54H92N14O24/c1-21(52(89)67-17-11-15-33(67)45(82)62-39(26(6)74)49(86)64-36(23(3)71)47(84)58-29(54(91)92)13-9-10-16-55)57-44(81)32-14-12-18-68(32)53(90)41(28(8)76)66-51(88)38(25(5)73)61-43(80)31(20-69)60-42(79)30(19-34(77)78)59-48(85)37(24(4)72)65-50(87)40(27(7)75)63-46(83)35(56)22(2)70/h21-33,35-41,69-76H,9-20,55-56H2,1-8H3,(H,57,81)(H,58,84)(H,59,85)(H,60,79)(H,61,80)(H,62,82)(H,63,83)(H,64,86)(H,65,87)(H,66,88)(H,77,78)(H,91,92)/t21-,22+,23+,24+,25+,26+,27+,28+,29-,30-,31-,32-,33-,35-,36-,37-,38-,39-,40-,41-/m0/s1. The summed E-state index contributed by atoms with van der Waals surface area (Å²) in [5.41, 5.74) is 11.1.